The van der Waals surface area contributed by atoms with E-state index in [0.717, 1.165) is 25.7 Å². The van der Waals surface area contributed by atoms with Crippen LogP contribution >= 0.6 is 0 Å². The molecule has 1 rings (SSSR count). The van der Waals surface area contributed by atoms with Crippen LogP contribution in [0.15, 0.2) is 0 Å². The first-order valence-corrected chi connectivity index (χ1v) is 8.15. The quantitative estimate of drug-likeness (QED) is 0.768. The molecule has 0 saturated heterocycles. The highest BCUT2D eigenvalue weighted by Gasteiger charge is 2.33. The zero-order chi connectivity index (χ0) is 13.8. The van der Waals surface area contributed by atoms with Gasteiger partial charge in [0.15, 0.2) is 0 Å². The zero-order valence-electron chi connectivity index (χ0n) is 11.1. The highest BCUT2D eigenvalue weighted by molar-refractivity contribution is 7.89. The van der Waals surface area contributed by atoms with Crippen LogP contribution < -0.4 is 0 Å². The highest BCUT2D eigenvalue weighted by Crippen LogP contribution is 2.26. The van der Waals surface area contributed by atoms with Crippen LogP contribution in [0.25, 0.3) is 0 Å². The van der Waals surface area contributed by atoms with Crippen LogP contribution in [0.2, 0.25) is 0 Å². The van der Waals surface area contributed by atoms with Crippen molar-refractivity contribution in [3.63, 3.8) is 0 Å². The summed E-state index contributed by atoms with van der Waals surface area (Å²) >= 11 is 0. The second-order valence-electron chi connectivity index (χ2n) is 5.38. The minimum absolute atomic E-state index is 0.0500. The lowest BCUT2D eigenvalue weighted by Crippen LogP contribution is -2.43. The first-order chi connectivity index (χ1) is 8.33. The van der Waals surface area contributed by atoms with Crippen molar-refractivity contribution < 1.29 is 18.3 Å². The normalized spacial score (nSPS) is 17.8. The number of rotatable bonds is 7. The number of sulfonamides is 1. The summed E-state index contributed by atoms with van der Waals surface area (Å²) < 4.78 is 25.7. The number of hydrogen-bond acceptors (Lipinski definition) is 3. The summed E-state index contributed by atoms with van der Waals surface area (Å²) in [7, 11) is -3.44. The molecule has 1 N–H and O–H groups in total. The van der Waals surface area contributed by atoms with Crippen LogP contribution in [0.3, 0.4) is 0 Å². The van der Waals surface area contributed by atoms with Gasteiger partial charge in [0.25, 0.3) is 0 Å². The summed E-state index contributed by atoms with van der Waals surface area (Å²) in [6.45, 7) is 3.53. The van der Waals surface area contributed by atoms with E-state index in [4.69, 9.17) is 5.11 Å². The topological polar surface area (TPSA) is 74.7 Å². The van der Waals surface area contributed by atoms with Crippen LogP contribution in [-0.2, 0) is 14.8 Å². The van der Waals surface area contributed by atoms with Crippen molar-refractivity contribution in [2.75, 3.05) is 12.3 Å². The summed E-state index contributed by atoms with van der Waals surface area (Å²) in [6.07, 6.45) is 4.12. The standard InChI is InChI=1S/C12H23NO4S/c1-10(2)7-8-18(16,17)13(9-12(14)15)11-5-3-4-6-11/h10-11H,3-9H2,1-2H3,(H,14,15). The molecular formula is C12H23NO4S. The largest absolute Gasteiger partial charge is 0.480 e. The van der Waals surface area contributed by atoms with Gasteiger partial charge in [-0.3, -0.25) is 4.79 Å². The van der Waals surface area contributed by atoms with Gasteiger partial charge in [-0.15, -0.1) is 0 Å². The van der Waals surface area contributed by atoms with Gasteiger partial charge in [-0.25, -0.2) is 8.42 Å². The average molecular weight is 277 g/mol. The monoisotopic (exact) mass is 277 g/mol. The molecule has 0 spiro atoms. The Morgan fingerprint density at radius 1 is 1.33 bits per heavy atom. The second kappa shape index (κ2) is 6.52. The molecule has 0 bridgehead atoms. The van der Waals surface area contributed by atoms with Gasteiger partial charge in [0.2, 0.25) is 10.0 Å². The van der Waals surface area contributed by atoms with E-state index in [1.807, 2.05) is 13.8 Å². The first kappa shape index (κ1) is 15.4. The van der Waals surface area contributed by atoms with E-state index in [0.29, 0.717) is 12.3 Å². The Morgan fingerprint density at radius 3 is 2.33 bits per heavy atom. The van der Waals surface area contributed by atoms with Crippen LogP contribution in [0.4, 0.5) is 0 Å². The van der Waals surface area contributed by atoms with E-state index in [9.17, 15) is 13.2 Å². The Balaban J connectivity index is 2.76. The Morgan fingerprint density at radius 2 is 1.89 bits per heavy atom. The smallest absolute Gasteiger partial charge is 0.318 e. The summed E-state index contributed by atoms with van der Waals surface area (Å²) in [5.41, 5.74) is 0. The maximum absolute atomic E-state index is 12.2. The Hall–Kier alpha value is -0.620. The lowest BCUT2D eigenvalue weighted by atomic mass is 10.2. The van der Waals surface area contributed by atoms with Crippen molar-refractivity contribution in [2.45, 2.75) is 52.0 Å². The molecule has 5 nitrogen and oxygen atoms in total. The Kier molecular flexibility index (Phi) is 5.59. The highest BCUT2D eigenvalue weighted by atomic mass is 32.2. The van der Waals surface area contributed by atoms with Crippen molar-refractivity contribution in [1.82, 2.24) is 4.31 Å². The van der Waals surface area contributed by atoms with E-state index in [-0.39, 0.29) is 11.8 Å². The summed E-state index contributed by atoms with van der Waals surface area (Å²) in [5, 5.41) is 8.88. The van der Waals surface area contributed by atoms with Crippen molar-refractivity contribution >= 4 is 16.0 Å². The fourth-order valence-corrected chi connectivity index (χ4v) is 4.26. The van der Waals surface area contributed by atoms with Gasteiger partial charge >= 0.3 is 5.97 Å². The second-order valence-corrected chi connectivity index (χ2v) is 7.42. The minimum Gasteiger partial charge on any atom is -0.480 e. The SMILES string of the molecule is CC(C)CCS(=O)(=O)N(CC(=O)O)C1CCCC1. The number of hydrogen-bond donors (Lipinski definition) is 1. The maximum Gasteiger partial charge on any atom is 0.318 e. The maximum atomic E-state index is 12.2. The lowest BCUT2D eigenvalue weighted by molar-refractivity contribution is -0.137. The van der Waals surface area contributed by atoms with Crippen LogP contribution in [0, 0.1) is 5.92 Å². The molecule has 1 aliphatic carbocycles. The molecule has 1 aliphatic rings. The van der Waals surface area contributed by atoms with Gasteiger partial charge in [0.05, 0.1) is 5.75 Å². The number of carboxylic acids is 1. The van der Waals surface area contributed by atoms with Gasteiger partial charge in [0.1, 0.15) is 6.54 Å². The fourth-order valence-electron chi connectivity index (χ4n) is 2.28. The third-order valence-corrected chi connectivity index (χ3v) is 5.23. The molecule has 0 radical (unpaired) electrons. The van der Waals surface area contributed by atoms with E-state index in [2.05, 4.69) is 0 Å². The predicted molar refractivity (Wildman–Crippen MR) is 69.8 cm³/mol. The molecule has 1 saturated carbocycles. The van der Waals surface area contributed by atoms with Crippen LogP contribution in [0.5, 0.6) is 0 Å². The van der Waals surface area contributed by atoms with Gasteiger partial charge in [-0.1, -0.05) is 26.7 Å². The Labute approximate surface area is 109 Å². The van der Waals surface area contributed by atoms with Crippen molar-refractivity contribution in [3.05, 3.63) is 0 Å². The van der Waals surface area contributed by atoms with Crippen LogP contribution in [0.1, 0.15) is 46.0 Å². The summed E-state index contributed by atoms with van der Waals surface area (Å²) in [4.78, 5) is 10.8. The van der Waals surface area contributed by atoms with E-state index in [1.165, 1.54) is 4.31 Å². The molecule has 18 heavy (non-hydrogen) atoms. The average Bonchev–Trinajstić information content (AvgIpc) is 2.76. The van der Waals surface area contributed by atoms with Gasteiger partial charge in [-0.05, 0) is 25.2 Å². The zero-order valence-corrected chi connectivity index (χ0v) is 11.9. The van der Waals surface area contributed by atoms with E-state index < -0.39 is 22.5 Å². The molecule has 0 heterocycles. The molecule has 6 heteroatoms. The third kappa shape index (κ3) is 4.57. The molecular weight excluding hydrogens is 254 g/mol. The molecule has 0 unspecified atom stereocenters. The molecule has 1 fully saturated rings. The summed E-state index contributed by atoms with van der Waals surface area (Å²) in [5.74, 6) is -0.723. The molecule has 0 atom stereocenters. The van der Waals surface area contributed by atoms with Crippen molar-refractivity contribution in [1.29, 1.82) is 0 Å². The van der Waals surface area contributed by atoms with Crippen molar-refractivity contribution in [2.24, 2.45) is 5.92 Å². The van der Waals surface area contributed by atoms with Gasteiger partial charge in [0, 0.05) is 6.04 Å². The molecule has 0 aromatic carbocycles. The first-order valence-electron chi connectivity index (χ1n) is 6.54. The number of aliphatic carboxylic acids is 1. The van der Waals surface area contributed by atoms with E-state index in [1.54, 1.807) is 0 Å². The summed E-state index contributed by atoms with van der Waals surface area (Å²) in [6, 6.07) is -0.113. The lowest BCUT2D eigenvalue weighted by Gasteiger charge is -2.26. The van der Waals surface area contributed by atoms with Gasteiger partial charge < -0.3 is 5.11 Å². The van der Waals surface area contributed by atoms with Crippen LogP contribution in [-0.4, -0.2) is 42.1 Å². The molecule has 0 amide bonds. The molecule has 0 aromatic rings. The Bertz CT molecular complexity index is 372. The van der Waals surface area contributed by atoms with Gasteiger partial charge in [-0.2, -0.15) is 4.31 Å². The number of carboxylic acid groups (broad SMARTS) is 1. The fraction of sp³-hybridized carbons (Fsp3) is 0.917. The molecule has 0 aromatic heterocycles. The molecule has 106 valence electrons. The van der Waals surface area contributed by atoms with Crippen molar-refractivity contribution in [3.8, 4) is 0 Å². The third-order valence-electron chi connectivity index (χ3n) is 3.33. The molecule has 0 aliphatic heterocycles. The predicted octanol–water partition coefficient (Wildman–Crippen LogP) is 1.69. The number of carbonyl (C=O) groups is 1. The number of nitrogens with zero attached hydrogens (tertiary/aromatic N) is 1. The van der Waals surface area contributed by atoms with E-state index >= 15 is 0 Å². The minimum atomic E-state index is -3.44.